The number of carbonyl (C=O) groups excluding carboxylic acids is 1. The fourth-order valence-corrected chi connectivity index (χ4v) is 1.98. The Balaban J connectivity index is 1.98. The van der Waals surface area contributed by atoms with Crippen LogP contribution in [0.15, 0.2) is 57.5 Å². The number of hydrogen-bond donors (Lipinski definition) is 1. The molecule has 3 nitrogen and oxygen atoms in total. The second-order valence-electron chi connectivity index (χ2n) is 3.48. The molecule has 0 aliphatic rings. The van der Waals surface area contributed by atoms with Crippen molar-refractivity contribution < 1.29 is 9.53 Å². The summed E-state index contributed by atoms with van der Waals surface area (Å²) >= 11 is 6.64. The van der Waals surface area contributed by atoms with Crippen molar-refractivity contribution in [3.63, 3.8) is 0 Å². The lowest BCUT2D eigenvalue weighted by Crippen LogP contribution is -2.16. The lowest BCUT2D eigenvalue weighted by atomic mass is 10.3. The number of carbonyl (C=O) groups is 1. The molecule has 5 heteroatoms. The molecule has 0 saturated carbocycles. The highest BCUT2D eigenvalue weighted by Gasteiger charge is 2.05. The average Bonchev–Trinajstić information content (AvgIpc) is 2.32. The van der Waals surface area contributed by atoms with Gasteiger partial charge in [0.1, 0.15) is 5.75 Å². The molecule has 1 N–H and O–H groups in total. The van der Waals surface area contributed by atoms with E-state index in [4.69, 9.17) is 4.74 Å². The summed E-state index contributed by atoms with van der Waals surface area (Å²) in [5, 5.41) is 2.64. The number of rotatable bonds is 2. The minimum Gasteiger partial charge on any atom is -0.410 e. The molecule has 0 bridgehead atoms. The van der Waals surface area contributed by atoms with Crippen LogP contribution in [0.4, 0.5) is 10.5 Å². The van der Waals surface area contributed by atoms with Gasteiger partial charge in [0, 0.05) is 14.6 Å². The maximum atomic E-state index is 11.6. The summed E-state index contributed by atoms with van der Waals surface area (Å²) in [6.07, 6.45) is -0.518. The summed E-state index contributed by atoms with van der Waals surface area (Å²) in [6.45, 7) is 0. The maximum absolute atomic E-state index is 11.6. The van der Waals surface area contributed by atoms with E-state index in [9.17, 15) is 4.79 Å². The second-order valence-corrected chi connectivity index (χ2v) is 5.31. The number of benzene rings is 2. The minimum absolute atomic E-state index is 0.491. The summed E-state index contributed by atoms with van der Waals surface area (Å²) in [5.41, 5.74) is 0.673. The van der Waals surface area contributed by atoms with Gasteiger partial charge in [0.15, 0.2) is 0 Å². The molecule has 0 atom stereocenters. The third-order valence-corrected chi connectivity index (χ3v) is 3.12. The van der Waals surface area contributed by atoms with Crippen LogP contribution < -0.4 is 10.1 Å². The van der Waals surface area contributed by atoms with Crippen LogP contribution in [0.25, 0.3) is 0 Å². The molecule has 0 aliphatic heterocycles. The van der Waals surface area contributed by atoms with Gasteiger partial charge in [-0.2, -0.15) is 0 Å². The van der Waals surface area contributed by atoms with Crippen LogP contribution in [-0.2, 0) is 0 Å². The van der Waals surface area contributed by atoms with Crippen LogP contribution in [-0.4, -0.2) is 6.09 Å². The van der Waals surface area contributed by atoms with E-state index >= 15 is 0 Å². The lowest BCUT2D eigenvalue weighted by molar-refractivity contribution is 0.215. The van der Waals surface area contributed by atoms with Gasteiger partial charge in [-0.3, -0.25) is 5.32 Å². The number of ether oxygens (including phenoxy) is 1. The van der Waals surface area contributed by atoms with Crippen LogP contribution in [0, 0.1) is 0 Å². The zero-order chi connectivity index (χ0) is 13.0. The summed E-state index contributed by atoms with van der Waals surface area (Å²) in [4.78, 5) is 11.6. The fourth-order valence-electron chi connectivity index (χ4n) is 1.32. The SMILES string of the molecule is O=C(Nc1cccc(Br)c1)Oc1ccc(Br)cc1. The number of amides is 1. The highest BCUT2D eigenvalue weighted by molar-refractivity contribution is 9.10. The van der Waals surface area contributed by atoms with E-state index in [1.165, 1.54) is 0 Å². The molecular formula is C13H9Br2NO2. The number of nitrogens with one attached hydrogen (secondary N) is 1. The standard InChI is InChI=1S/C13H9Br2NO2/c14-9-4-6-12(7-5-9)18-13(17)16-11-3-1-2-10(15)8-11/h1-8H,(H,16,17). The second kappa shape index (κ2) is 6.02. The van der Waals surface area contributed by atoms with E-state index in [0.717, 1.165) is 8.95 Å². The zero-order valence-electron chi connectivity index (χ0n) is 9.19. The normalized spacial score (nSPS) is 9.89. The summed E-state index contributed by atoms with van der Waals surface area (Å²) in [5.74, 6) is 0.491. The first-order valence-corrected chi connectivity index (χ1v) is 6.72. The van der Waals surface area contributed by atoms with Crippen molar-refractivity contribution >= 4 is 43.6 Å². The predicted molar refractivity (Wildman–Crippen MR) is 77.9 cm³/mol. The Morgan fingerprint density at radius 1 is 1.00 bits per heavy atom. The first kappa shape index (κ1) is 13.1. The Morgan fingerprint density at radius 3 is 2.39 bits per heavy atom. The molecule has 92 valence electrons. The number of halogens is 2. The van der Waals surface area contributed by atoms with Crippen molar-refractivity contribution in [2.45, 2.75) is 0 Å². The van der Waals surface area contributed by atoms with Gasteiger partial charge in [0.25, 0.3) is 0 Å². The molecule has 0 aromatic heterocycles. The third-order valence-electron chi connectivity index (χ3n) is 2.10. The van der Waals surface area contributed by atoms with Crippen LogP contribution in [0.1, 0.15) is 0 Å². The van der Waals surface area contributed by atoms with Crippen LogP contribution in [0.3, 0.4) is 0 Å². The first-order valence-electron chi connectivity index (χ1n) is 5.13. The van der Waals surface area contributed by atoms with Gasteiger partial charge < -0.3 is 4.74 Å². The molecule has 18 heavy (non-hydrogen) atoms. The minimum atomic E-state index is -0.518. The molecule has 0 heterocycles. The molecule has 0 radical (unpaired) electrons. The van der Waals surface area contributed by atoms with Gasteiger partial charge in [0.05, 0.1) is 0 Å². The first-order chi connectivity index (χ1) is 8.63. The van der Waals surface area contributed by atoms with Crippen molar-refractivity contribution in [2.24, 2.45) is 0 Å². The topological polar surface area (TPSA) is 38.3 Å². The predicted octanol–water partition coefficient (Wildman–Crippen LogP) is 4.82. The summed E-state index contributed by atoms with van der Waals surface area (Å²) < 4.78 is 6.95. The Morgan fingerprint density at radius 2 is 1.72 bits per heavy atom. The van der Waals surface area contributed by atoms with Crippen molar-refractivity contribution in [2.75, 3.05) is 5.32 Å². The van der Waals surface area contributed by atoms with E-state index < -0.39 is 6.09 Å². The van der Waals surface area contributed by atoms with Crippen molar-refractivity contribution in [3.8, 4) is 5.75 Å². The molecule has 2 aromatic rings. The molecule has 0 aliphatic carbocycles. The smallest absolute Gasteiger partial charge is 0.410 e. The quantitative estimate of drug-likeness (QED) is 0.822. The highest BCUT2D eigenvalue weighted by Crippen LogP contribution is 2.18. The molecule has 2 rings (SSSR count). The van der Waals surface area contributed by atoms with E-state index in [1.807, 2.05) is 24.3 Å². The zero-order valence-corrected chi connectivity index (χ0v) is 12.4. The largest absolute Gasteiger partial charge is 0.417 e. The van der Waals surface area contributed by atoms with E-state index in [0.29, 0.717) is 11.4 Å². The van der Waals surface area contributed by atoms with E-state index in [2.05, 4.69) is 37.2 Å². The van der Waals surface area contributed by atoms with Gasteiger partial charge in [-0.15, -0.1) is 0 Å². The van der Waals surface area contributed by atoms with Crippen molar-refractivity contribution in [1.29, 1.82) is 0 Å². The molecule has 0 unspecified atom stereocenters. The Labute approximate surface area is 121 Å². The Bertz CT molecular complexity index is 555. The third kappa shape index (κ3) is 3.85. The molecule has 0 fully saturated rings. The number of anilines is 1. The van der Waals surface area contributed by atoms with Crippen molar-refractivity contribution in [3.05, 3.63) is 57.5 Å². The molecule has 1 amide bonds. The van der Waals surface area contributed by atoms with Gasteiger partial charge in [-0.1, -0.05) is 37.9 Å². The van der Waals surface area contributed by atoms with Gasteiger partial charge in [-0.05, 0) is 42.5 Å². The monoisotopic (exact) mass is 369 g/mol. The Hall–Kier alpha value is -1.33. The van der Waals surface area contributed by atoms with Crippen LogP contribution in [0.2, 0.25) is 0 Å². The van der Waals surface area contributed by atoms with Crippen molar-refractivity contribution in [1.82, 2.24) is 0 Å². The molecule has 0 saturated heterocycles. The fraction of sp³-hybridized carbons (Fsp3) is 0. The van der Waals surface area contributed by atoms with Gasteiger partial charge >= 0.3 is 6.09 Å². The highest BCUT2D eigenvalue weighted by atomic mass is 79.9. The van der Waals surface area contributed by atoms with Crippen LogP contribution >= 0.6 is 31.9 Å². The molecule has 2 aromatic carbocycles. The number of hydrogen-bond acceptors (Lipinski definition) is 2. The molecule has 0 spiro atoms. The van der Waals surface area contributed by atoms with Crippen LogP contribution in [0.5, 0.6) is 5.75 Å². The lowest BCUT2D eigenvalue weighted by Gasteiger charge is -2.06. The van der Waals surface area contributed by atoms with Gasteiger partial charge in [0.2, 0.25) is 0 Å². The van der Waals surface area contributed by atoms with E-state index in [1.54, 1.807) is 24.3 Å². The summed E-state index contributed by atoms with van der Waals surface area (Å²) in [7, 11) is 0. The van der Waals surface area contributed by atoms with Gasteiger partial charge in [-0.25, -0.2) is 4.79 Å². The molecular weight excluding hydrogens is 362 g/mol. The maximum Gasteiger partial charge on any atom is 0.417 e. The average molecular weight is 371 g/mol. The Kier molecular flexibility index (Phi) is 4.38. The van der Waals surface area contributed by atoms with E-state index in [-0.39, 0.29) is 0 Å². The summed E-state index contributed by atoms with van der Waals surface area (Å²) in [6, 6.07) is 14.3.